The summed E-state index contributed by atoms with van der Waals surface area (Å²) in [6.45, 7) is 3.96. The van der Waals surface area contributed by atoms with E-state index in [-0.39, 0.29) is 37.9 Å². The minimum Gasteiger partial charge on any atom is -0.497 e. The van der Waals surface area contributed by atoms with Crippen LogP contribution in [0.2, 0.25) is 0 Å². The van der Waals surface area contributed by atoms with Crippen LogP contribution in [0.1, 0.15) is 75.0 Å². The lowest BCUT2D eigenvalue weighted by atomic mass is 9.93. The molecule has 4 heterocycles. The van der Waals surface area contributed by atoms with E-state index in [9.17, 15) is 32.4 Å². The van der Waals surface area contributed by atoms with Crippen molar-refractivity contribution in [1.82, 2.24) is 30.1 Å². The first-order valence-electron chi connectivity index (χ1n) is 19.0. The van der Waals surface area contributed by atoms with E-state index in [0.717, 1.165) is 18.4 Å². The number of thiazole rings is 1. The van der Waals surface area contributed by atoms with Gasteiger partial charge in [-0.2, -0.15) is 0 Å². The molecular formula is C38H48N6O9S2. The van der Waals surface area contributed by atoms with E-state index >= 15 is 0 Å². The fourth-order valence-corrected chi connectivity index (χ4v) is 10.2. The highest BCUT2D eigenvalue weighted by Gasteiger charge is 2.63. The van der Waals surface area contributed by atoms with Gasteiger partial charge in [0.1, 0.15) is 23.4 Å². The normalized spacial score (nSPS) is 28.8. The number of carbonyl (C=O) groups excluding carboxylic acids is 5. The molecule has 17 heteroatoms. The van der Waals surface area contributed by atoms with Crippen LogP contribution >= 0.6 is 11.3 Å². The number of alkyl carbamates (subject to hydrolysis) is 1. The SMILES string of the molecule is COc1ccc(-c2csc(C(=O)N3C[C@H]4CN5C(=O)[C@@H](NC(=O)OC(C)C)CCCCC/C=C\[C@H]6C[C@@]6(C(=O)NS(=O)(=O)C6CC6)NC(=O)[C@@H]5[C@H]4C3)n2)cc1. The molecule has 4 fully saturated rings. The summed E-state index contributed by atoms with van der Waals surface area (Å²) >= 11 is 1.22. The molecule has 6 atom stereocenters. The third-order valence-electron chi connectivity index (χ3n) is 11.2. The van der Waals surface area contributed by atoms with Crippen LogP contribution in [0.5, 0.6) is 5.75 Å². The summed E-state index contributed by atoms with van der Waals surface area (Å²) in [5, 5.41) is 7.11. The molecule has 1 aromatic carbocycles. The van der Waals surface area contributed by atoms with Crippen molar-refractivity contribution in [2.45, 2.75) is 94.2 Å². The number of benzene rings is 1. The van der Waals surface area contributed by atoms with Crippen LogP contribution in [-0.2, 0) is 29.1 Å². The number of sulfonamides is 1. The summed E-state index contributed by atoms with van der Waals surface area (Å²) in [7, 11) is -2.32. The van der Waals surface area contributed by atoms with Gasteiger partial charge < -0.3 is 29.9 Å². The molecule has 55 heavy (non-hydrogen) atoms. The molecule has 0 bridgehead atoms. The number of methoxy groups -OCH3 is 1. The maximum absolute atomic E-state index is 14.6. The summed E-state index contributed by atoms with van der Waals surface area (Å²) in [5.41, 5.74) is -0.0517. The molecule has 1 aromatic heterocycles. The highest BCUT2D eigenvalue weighted by atomic mass is 32.2. The molecule has 0 radical (unpaired) electrons. The third-order valence-corrected chi connectivity index (χ3v) is 13.9. The van der Waals surface area contributed by atoms with Gasteiger partial charge in [0, 0.05) is 48.3 Å². The van der Waals surface area contributed by atoms with Gasteiger partial charge in [-0.15, -0.1) is 11.3 Å². The van der Waals surface area contributed by atoms with Crippen molar-refractivity contribution in [1.29, 1.82) is 0 Å². The van der Waals surface area contributed by atoms with Crippen LogP contribution in [0.4, 0.5) is 4.79 Å². The lowest BCUT2D eigenvalue weighted by Crippen LogP contribution is -2.60. The van der Waals surface area contributed by atoms with Gasteiger partial charge in [0.25, 0.3) is 11.8 Å². The van der Waals surface area contributed by atoms with Crippen LogP contribution in [0.3, 0.4) is 0 Å². The highest BCUT2D eigenvalue weighted by molar-refractivity contribution is 7.91. The Morgan fingerprint density at radius 3 is 2.51 bits per heavy atom. The number of rotatable bonds is 8. The molecule has 15 nitrogen and oxygen atoms in total. The Labute approximate surface area is 324 Å². The Kier molecular flexibility index (Phi) is 11.0. The first kappa shape index (κ1) is 38.8. The quantitative estimate of drug-likeness (QED) is 0.334. The van der Waals surface area contributed by atoms with E-state index in [0.29, 0.717) is 48.6 Å². The molecule has 0 spiro atoms. The molecular weight excluding hydrogens is 749 g/mol. The van der Waals surface area contributed by atoms with Crippen LogP contribution in [0.15, 0.2) is 41.8 Å². The maximum Gasteiger partial charge on any atom is 0.408 e. The Morgan fingerprint density at radius 2 is 1.80 bits per heavy atom. The Hall–Kier alpha value is -4.51. The number of fused-ring (bicyclic) bond motifs is 4. The van der Waals surface area contributed by atoms with Crippen molar-refractivity contribution in [3.05, 3.63) is 46.8 Å². The monoisotopic (exact) mass is 796 g/mol. The fourth-order valence-electron chi connectivity index (χ4n) is 8.03. The van der Waals surface area contributed by atoms with E-state index in [1.165, 1.54) is 16.2 Å². The standard InChI is InChI=1S/C38H48N6O9S2/c1-22(2)53-37(49)40-29-10-8-6-4-5-7-9-25-17-38(25,36(48)42-55(50,51)27-15-16-27)41-32(45)31-28-20-43(18-24(28)19-44(31)34(29)46)35(47)33-39-30(21-54-33)23-11-13-26(52-3)14-12-23/h7,9,11-14,21-22,24-25,27-29,31H,4-6,8,10,15-20H2,1-3H3,(H,40,49)(H,41,45)(H,42,48)/b9-7-/t24-,25-,28-,29-,31-,38+/m0/s1. The molecule has 296 valence electrons. The number of hydrogen-bond donors (Lipinski definition) is 3. The van der Waals surface area contributed by atoms with E-state index in [4.69, 9.17) is 9.47 Å². The van der Waals surface area contributed by atoms with E-state index in [1.807, 2.05) is 41.8 Å². The predicted octanol–water partition coefficient (Wildman–Crippen LogP) is 3.22. The van der Waals surface area contributed by atoms with E-state index < -0.39 is 74.7 Å². The topological polar surface area (TPSA) is 193 Å². The molecule has 2 aliphatic carbocycles. The number of nitrogens with one attached hydrogen (secondary N) is 3. The van der Waals surface area contributed by atoms with Crippen molar-refractivity contribution >= 4 is 51.1 Å². The van der Waals surface area contributed by atoms with Gasteiger partial charge in [0.05, 0.1) is 24.2 Å². The summed E-state index contributed by atoms with van der Waals surface area (Å²) in [5.74, 6) is -2.69. The number of aromatic nitrogens is 1. The summed E-state index contributed by atoms with van der Waals surface area (Å²) in [6.07, 6.45) is 6.99. The molecule has 0 unspecified atom stereocenters. The summed E-state index contributed by atoms with van der Waals surface area (Å²) < 4.78 is 38.5. The van der Waals surface area contributed by atoms with Gasteiger partial charge in [-0.25, -0.2) is 18.2 Å². The number of nitrogens with zero attached hydrogens (tertiary/aromatic N) is 3. The molecule has 5 aliphatic rings. The van der Waals surface area contributed by atoms with Crippen molar-refractivity contribution in [3.63, 3.8) is 0 Å². The second-order valence-corrected chi connectivity index (χ2v) is 18.3. The van der Waals surface area contributed by atoms with Gasteiger partial charge in [-0.3, -0.25) is 23.9 Å². The van der Waals surface area contributed by atoms with Gasteiger partial charge in [0.15, 0.2) is 5.01 Å². The molecule has 2 aromatic rings. The third kappa shape index (κ3) is 8.23. The van der Waals surface area contributed by atoms with E-state index in [1.54, 1.807) is 25.9 Å². The summed E-state index contributed by atoms with van der Waals surface area (Å²) in [6, 6.07) is 5.28. The molecule has 2 saturated carbocycles. The number of likely N-dealkylation sites (tertiary alicyclic amines) is 1. The number of ether oxygens (including phenoxy) is 2. The fraction of sp³-hybridized carbons (Fsp3) is 0.579. The number of hydrogen-bond acceptors (Lipinski definition) is 11. The number of carbonyl (C=O) groups is 5. The van der Waals surface area contributed by atoms with Gasteiger partial charge in [0.2, 0.25) is 21.8 Å². The number of allylic oxidation sites excluding steroid dienone is 1. The molecule has 2 saturated heterocycles. The largest absolute Gasteiger partial charge is 0.497 e. The van der Waals surface area contributed by atoms with Crippen molar-refractivity contribution < 1.29 is 41.9 Å². The van der Waals surface area contributed by atoms with Crippen LogP contribution < -0.4 is 20.1 Å². The minimum absolute atomic E-state index is 0.135. The van der Waals surface area contributed by atoms with Crippen LogP contribution in [-0.4, -0.2) is 109 Å². The Balaban J connectivity index is 1.16. The lowest BCUT2D eigenvalue weighted by molar-refractivity contribution is -0.142. The Bertz CT molecular complexity index is 1960. The van der Waals surface area contributed by atoms with Crippen molar-refractivity contribution in [2.24, 2.45) is 17.8 Å². The second kappa shape index (κ2) is 15.6. The zero-order valence-corrected chi connectivity index (χ0v) is 32.8. The van der Waals surface area contributed by atoms with Gasteiger partial charge in [-0.1, -0.05) is 25.0 Å². The zero-order valence-electron chi connectivity index (χ0n) is 31.2. The van der Waals surface area contributed by atoms with Crippen LogP contribution in [0, 0.1) is 17.8 Å². The Morgan fingerprint density at radius 1 is 1.04 bits per heavy atom. The highest BCUT2D eigenvalue weighted by Crippen LogP contribution is 2.47. The maximum atomic E-state index is 14.6. The molecule has 3 N–H and O–H groups in total. The predicted molar refractivity (Wildman–Crippen MR) is 202 cm³/mol. The number of amides is 5. The smallest absolute Gasteiger partial charge is 0.408 e. The first-order valence-corrected chi connectivity index (χ1v) is 21.4. The zero-order chi connectivity index (χ0) is 39.1. The van der Waals surface area contributed by atoms with Crippen LogP contribution in [0.25, 0.3) is 11.3 Å². The molecule has 5 amide bonds. The molecule has 3 aliphatic heterocycles. The van der Waals surface area contributed by atoms with E-state index in [2.05, 4.69) is 20.3 Å². The van der Waals surface area contributed by atoms with Gasteiger partial charge in [-0.05, 0) is 76.6 Å². The first-order chi connectivity index (χ1) is 26.3. The average molecular weight is 797 g/mol. The average Bonchev–Trinajstić information content (AvgIpc) is 3.97. The van der Waals surface area contributed by atoms with Crippen molar-refractivity contribution in [2.75, 3.05) is 26.7 Å². The second-order valence-electron chi connectivity index (χ2n) is 15.5. The minimum atomic E-state index is -3.91. The molecule has 7 rings (SSSR count). The van der Waals surface area contributed by atoms with Gasteiger partial charge >= 0.3 is 6.09 Å². The van der Waals surface area contributed by atoms with Crippen molar-refractivity contribution in [3.8, 4) is 17.0 Å². The lowest BCUT2D eigenvalue weighted by Gasteiger charge is -2.32. The summed E-state index contributed by atoms with van der Waals surface area (Å²) in [4.78, 5) is 77.3.